The number of carboxylic acid groups (broad SMARTS) is 1. The van der Waals surface area contributed by atoms with Gasteiger partial charge in [0.25, 0.3) is 0 Å². The number of nitrogens with one attached hydrogen (secondary N) is 2. The highest BCUT2D eigenvalue weighted by Crippen LogP contribution is 2.19. The van der Waals surface area contributed by atoms with Gasteiger partial charge in [-0.15, -0.1) is 10.2 Å². The van der Waals surface area contributed by atoms with E-state index >= 15 is 0 Å². The van der Waals surface area contributed by atoms with Gasteiger partial charge in [-0.3, -0.25) is 4.79 Å². The van der Waals surface area contributed by atoms with Crippen molar-refractivity contribution in [3.63, 3.8) is 0 Å². The second-order valence-corrected chi connectivity index (χ2v) is 6.48. The maximum Gasteiger partial charge on any atom is 0.326 e. The summed E-state index contributed by atoms with van der Waals surface area (Å²) in [4.78, 5) is 26.7. The van der Waals surface area contributed by atoms with Gasteiger partial charge in [0.05, 0.1) is 5.75 Å². The largest absolute Gasteiger partial charge is 0.480 e. The van der Waals surface area contributed by atoms with Crippen LogP contribution in [0.3, 0.4) is 0 Å². The van der Waals surface area contributed by atoms with Gasteiger partial charge in [0.2, 0.25) is 5.91 Å². The SMILES string of the molecule is Cn1cnnc1SCC(=O)NC(Cc1c[nH]c2ccccc12)C(=O)O. The molecule has 1 amide bonds. The van der Waals surface area contributed by atoms with Gasteiger partial charge in [0.1, 0.15) is 12.4 Å². The Bertz CT molecular complexity index is 904. The van der Waals surface area contributed by atoms with E-state index in [4.69, 9.17) is 0 Å². The number of hydrogen-bond donors (Lipinski definition) is 3. The summed E-state index contributed by atoms with van der Waals surface area (Å²) in [6.45, 7) is 0. The summed E-state index contributed by atoms with van der Waals surface area (Å²) in [5.74, 6) is -1.35. The lowest BCUT2D eigenvalue weighted by atomic mass is 10.1. The van der Waals surface area contributed by atoms with Crippen LogP contribution in [-0.4, -0.2) is 48.5 Å². The molecule has 0 saturated carbocycles. The number of nitrogens with zero attached hydrogens (tertiary/aromatic N) is 3. The summed E-state index contributed by atoms with van der Waals surface area (Å²) in [5, 5.41) is 21.2. The normalized spacial score (nSPS) is 12.2. The summed E-state index contributed by atoms with van der Waals surface area (Å²) < 4.78 is 1.69. The third kappa shape index (κ3) is 4.00. The molecule has 25 heavy (non-hydrogen) atoms. The Morgan fingerprint density at radius 2 is 2.20 bits per heavy atom. The number of para-hydroxylation sites is 1. The highest BCUT2D eigenvalue weighted by atomic mass is 32.2. The maximum atomic E-state index is 12.1. The fourth-order valence-electron chi connectivity index (χ4n) is 2.49. The lowest BCUT2D eigenvalue weighted by molar-refractivity contribution is -0.141. The number of carboxylic acids is 1. The van der Waals surface area contributed by atoms with Gasteiger partial charge in [0.15, 0.2) is 5.16 Å². The van der Waals surface area contributed by atoms with Crippen molar-refractivity contribution in [1.82, 2.24) is 25.1 Å². The monoisotopic (exact) mass is 359 g/mol. The molecule has 3 rings (SSSR count). The Hall–Kier alpha value is -2.81. The van der Waals surface area contributed by atoms with Crippen LogP contribution in [0, 0.1) is 0 Å². The standard InChI is InChI=1S/C16H17N5O3S/c1-21-9-18-20-16(21)25-8-14(22)19-13(15(23)24)6-10-7-17-12-5-3-2-4-11(10)12/h2-5,7,9,13,17H,6,8H2,1H3,(H,19,22)(H,23,24). The topological polar surface area (TPSA) is 113 Å². The summed E-state index contributed by atoms with van der Waals surface area (Å²) in [7, 11) is 1.78. The second kappa shape index (κ2) is 7.39. The van der Waals surface area contributed by atoms with Crippen molar-refractivity contribution in [1.29, 1.82) is 0 Å². The third-order valence-corrected chi connectivity index (χ3v) is 4.77. The molecule has 3 N–H and O–H groups in total. The molecule has 0 fully saturated rings. The summed E-state index contributed by atoms with van der Waals surface area (Å²) >= 11 is 1.20. The molecule has 2 aromatic heterocycles. The van der Waals surface area contributed by atoms with Gasteiger partial charge in [-0.25, -0.2) is 4.79 Å². The molecule has 0 saturated heterocycles. The van der Waals surface area contributed by atoms with Crippen LogP contribution in [-0.2, 0) is 23.1 Å². The van der Waals surface area contributed by atoms with E-state index in [1.807, 2.05) is 24.3 Å². The quantitative estimate of drug-likeness (QED) is 0.546. The van der Waals surface area contributed by atoms with Gasteiger partial charge in [0, 0.05) is 30.6 Å². The number of aryl methyl sites for hydroxylation is 1. The molecule has 1 atom stereocenters. The van der Waals surface area contributed by atoms with Gasteiger partial charge in [-0.05, 0) is 11.6 Å². The first-order valence-electron chi connectivity index (χ1n) is 7.58. The molecule has 2 heterocycles. The molecule has 0 radical (unpaired) electrons. The Kier molecular flexibility index (Phi) is 5.03. The molecule has 0 aliphatic rings. The van der Waals surface area contributed by atoms with Crippen LogP contribution in [0.5, 0.6) is 0 Å². The van der Waals surface area contributed by atoms with Crippen molar-refractivity contribution in [3.05, 3.63) is 42.4 Å². The van der Waals surface area contributed by atoms with Crippen molar-refractivity contribution in [2.75, 3.05) is 5.75 Å². The average Bonchev–Trinajstić information content (AvgIpc) is 3.19. The minimum Gasteiger partial charge on any atom is -0.480 e. The molecule has 0 spiro atoms. The Morgan fingerprint density at radius 3 is 2.92 bits per heavy atom. The fourth-order valence-corrected chi connectivity index (χ4v) is 3.19. The number of fused-ring (bicyclic) bond motifs is 1. The van der Waals surface area contributed by atoms with E-state index in [1.165, 1.54) is 18.1 Å². The Balaban J connectivity index is 1.64. The molecular weight excluding hydrogens is 342 g/mol. The summed E-state index contributed by atoms with van der Waals surface area (Å²) in [5.41, 5.74) is 1.79. The van der Waals surface area contributed by atoms with E-state index < -0.39 is 12.0 Å². The number of aromatic amines is 1. The molecule has 3 aromatic rings. The van der Waals surface area contributed by atoms with Crippen LogP contribution in [0.2, 0.25) is 0 Å². The molecule has 0 aliphatic heterocycles. The number of aromatic nitrogens is 4. The number of aliphatic carboxylic acids is 1. The average molecular weight is 359 g/mol. The Morgan fingerprint density at radius 1 is 1.40 bits per heavy atom. The zero-order valence-corrected chi connectivity index (χ0v) is 14.3. The van der Waals surface area contributed by atoms with Gasteiger partial charge in [-0.2, -0.15) is 0 Å². The molecule has 1 aromatic carbocycles. The first kappa shape index (κ1) is 17.0. The van der Waals surface area contributed by atoms with Crippen LogP contribution in [0.1, 0.15) is 5.56 Å². The molecule has 0 aliphatic carbocycles. The first-order chi connectivity index (χ1) is 12.0. The fraction of sp³-hybridized carbons (Fsp3) is 0.250. The molecule has 0 bridgehead atoms. The minimum absolute atomic E-state index is 0.0736. The minimum atomic E-state index is -1.07. The van der Waals surface area contributed by atoms with Crippen LogP contribution in [0.25, 0.3) is 10.9 Å². The Labute approximate surface area is 147 Å². The predicted molar refractivity (Wildman–Crippen MR) is 93.3 cm³/mol. The van der Waals surface area contributed by atoms with Gasteiger partial charge >= 0.3 is 5.97 Å². The number of carbonyl (C=O) groups excluding carboxylic acids is 1. The van der Waals surface area contributed by atoms with Crippen LogP contribution in [0.4, 0.5) is 0 Å². The van der Waals surface area contributed by atoms with Crippen LogP contribution in [0.15, 0.2) is 41.9 Å². The van der Waals surface area contributed by atoms with Crippen molar-refractivity contribution in [2.24, 2.45) is 7.05 Å². The van der Waals surface area contributed by atoms with Crippen molar-refractivity contribution >= 4 is 34.5 Å². The maximum absolute atomic E-state index is 12.1. The highest BCUT2D eigenvalue weighted by Gasteiger charge is 2.22. The van der Waals surface area contributed by atoms with Crippen LogP contribution < -0.4 is 5.32 Å². The molecule has 8 nitrogen and oxygen atoms in total. The van der Waals surface area contributed by atoms with E-state index in [9.17, 15) is 14.7 Å². The molecule has 1 unspecified atom stereocenters. The number of rotatable bonds is 7. The summed E-state index contributed by atoms with van der Waals surface area (Å²) in [6, 6.07) is 6.65. The van der Waals surface area contributed by atoms with Crippen molar-refractivity contribution < 1.29 is 14.7 Å². The lowest BCUT2D eigenvalue weighted by Gasteiger charge is -2.14. The smallest absolute Gasteiger partial charge is 0.326 e. The number of hydrogen-bond acceptors (Lipinski definition) is 5. The highest BCUT2D eigenvalue weighted by molar-refractivity contribution is 7.99. The number of thioether (sulfide) groups is 1. The number of H-pyrrole nitrogens is 1. The molecule has 130 valence electrons. The summed E-state index contributed by atoms with van der Waals surface area (Å²) in [6.07, 6.45) is 3.53. The van der Waals surface area contributed by atoms with E-state index in [1.54, 1.807) is 17.8 Å². The first-order valence-corrected chi connectivity index (χ1v) is 8.57. The second-order valence-electron chi connectivity index (χ2n) is 5.54. The van der Waals surface area contributed by atoms with E-state index in [-0.39, 0.29) is 18.1 Å². The zero-order chi connectivity index (χ0) is 17.8. The number of carbonyl (C=O) groups is 2. The predicted octanol–water partition coefficient (Wildman–Crippen LogP) is 1.20. The third-order valence-electron chi connectivity index (χ3n) is 3.73. The lowest BCUT2D eigenvalue weighted by Crippen LogP contribution is -2.43. The number of benzene rings is 1. The number of amides is 1. The van der Waals surface area contributed by atoms with Crippen molar-refractivity contribution in [3.8, 4) is 0 Å². The van der Waals surface area contributed by atoms with Gasteiger partial charge < -0.3 is 20.0 Å². The van der Waals surface area contributed by atoms with E-state index in [2.05, 4.69) is 20.5 Å². The van der Waals surface area contributed by atoms with E-state index in [0.717, 1.165) is 16.5 Å². The molecular formula is C16H17N5O3S. The van der Waals surface area contributed by atoms with Crippen LogP contribution >= 0.6 is 11.8 Å². The van der Waals surface area contributed by atoms with Gasteiger partial charge in [-0.1, -0.05) is 30.0 Å². The van der Waals surface area contributed by atoms with E-state index in [0.29, 0.717) is 5.16 Å². The van der Waals surface area contributed by atoms with Crippen molar-refractivity contribution in [2.45, 2.75) is 17.6 Å². The molecule has 9 heteroatoms. The zero-order valence-electron chi connectivity index (χ0n) is 13.5.